The number of nitrogens with one attached hydrogen (secondary N) is 1. The Morgan fingerprint density at radius 2 is 1.96 bits per heavy atom. The van der Waals surface area contributed by atoms with Gasteiger partial charge in [0.2, 0.25) is 25.9 Å². The van der Waals surface area contributed by atoms with Gasteiger partial charge in [0, 0.05) is 26.2 Å². The fraction of sp³-hybridized carbons (Fsp3) is 0.571. The highest BCUT2D eigenvalue weighted by Crippen LogP contribution is 2.40. The maximum Gasteiger partial charge on any atom is 0.407 e. The molecule has 1 aromatic carbocycles. The number of benzene rings is 1. The van der Waals surface area contributed by atoms with Gasteiger partial charge in [-0.1, -0.05) is 6.07 Å². The summed E-state index contributed by atoms with van der Waals surface area (Å²) in [5, 5.41) is 20.6. The minimum absolute atomic E-state index is 0.00683. The van der Waals surface area contributed by atoms with Crippen LogP contribution in [0.3, 0.4) is 0 Å². The van der Waals surface area contributed by atoms with Gasteiger partial charge in [0.25, 0.3) is 0 Å². The van der Waals surface area contributed by atoms with E-state index in [2.05, 4.69) is 9.71 Å². The van der Waals surface area contributed by atoms with Crippen molar-refractivity contribution in [3.63, 3.8) is 0 Å². The zero-order chi connectivity index (χ0) is 32.6. The van der Waals surface area contributed by atoms with E-state index < -0.39 is 43.9 Å². The monoisotopic (exact) mass is 669 g/mol. The highest BCUT2D eigenvalue weighted by atomic mass is 32.2. The number of ether oxygens (including phenoxy) is 3. The van der Waals surface area contributed by atoms with Crippen LogP contribution >= 0.6 is 0 Å². The SMILES string of the molecule is CNS(=O)(=O)c1cccc(OCC(O)CN(C(=O)O)C2COC3(CCN(S(=O)(=O)c4cnc5c(c4)N(C)CC(C)O5)CC3)C2)c1. The predicted octanol–water partition coefficient (Wildman–Crippen LogP) is 0.939. The zero-order valence-electron chi connectivity index (χ0n) is 25.3. The van der Waals surface area contributed by atoms with E-state index >= 15 is 0 Å². The average Bonchev–Trinajstić information content (AvgIpc) is 3.41. The molecule has 45 heavy (non-hydrogen) atoms. The van der Waals surface area contributed by atoms with E-state index in [0.29, 0.717) is 37.4 Å². The number of likely N-dealkylation sites (N-methyl/N-ethyl adjacent to an activating group) is 1. The summed E-state index contributed by atoms with van der Waals surface area (Å²) in [6.45, 7) is 2.51. The van der Waals surface area contributed by atoms with Crippen LogP contribution in [0, 0.1) is 0 Å². The number of hydrogen-bond donors (Lipinski definition) is 3. The third-order valence-electron chi connectivity index (χ3n) is 8.44. The first-order chi connectivity index (χ1) is 21.2. The summed E-state index contributed by atoms with van der Waals surface area (Å²) in [5.74, 6) is 0.602. The highest BCUT2D eigenvalue weighted by molar-refractivity contribution is 7.89. The summed E-state index contributed by atoms with van der Waals surface area (Å²) in [7, 11) is -4.37. The second kappa shape index (κ2) is 12.9. The number of anilines is 1. The topological polar surface area (TPSA) is 188 Å². The standard InChI is InChI=1S/C28H39N5O10S2/c1-19-15-31(3)25-12-24(14-30-26(25)43-19)45(39,40)32-9-7-28(8-10-32)13-20(17-42-28)33(27(35)36)16-21(34)18-41-22-5-4-6-23(11-22)44(37,38)29-2/h4-6,11-12,14,19-21,29,34H,7-10,13,15-18H2,1-3H3,(H,35,36). The third-order valence-corrected chi connectivity index (χ3v) is 11.7. The lowest BCUT2D eigenvalue weighted by Gasteiger charge is -2.38. The van der Waals surface area contributed by atoms with Gasteiger partial charge in [0.15, 0.2) is 0 Å². The molecule has 15 nitrogen and oxygen atoms in total. The normalized spacial score (nSPS) is 22.4. The van der Waals surface area contributed by atoms with Gasteiger partial charge in [0.05, 0.1) is 42.4 Å². The van der Waals surface area contributed by atoms with Gasteiger partial charge >= 0.3 is 6.09 Å². The van der Waals surface area contributed by atoms with Crippen molar-refractivity contribution >= 4 is 31.8 Å². The molecule has 0 bridgehead atoms. The van der Waals surface area contributed by atoms with Crippen LogP contribution in [-0.2, 0) is 24.8 Å². The van der Waals surface area contributed by atoms with E-state index in [0.717, 1.165) is 4.90 Å². The molecule has 0 radical (unpaired) electrons. The molecule has 4 heterocycles. The van der Waals surface area contributed by atoms with Gasteiger partial charge < -0.3 is 34.2 Å². The Labute approximate surface area is 262 Å². The second-order valence-corrected chi connectivity index (χ2v) is 15.5. The molecule has 3 unspecified atom stereocenters. The largest absolute Gasteiger partial charge is 0.491 e. The molecule has 17 heteroatoms. The van der Waals surface area contributed by atoms with Crippen molar-refractivity contribution in [1.82, 2.24) is 18.9 Å². The summed E-state index contributed by atoms with van der Waals surface area (Å²) in [6, 6.07) is 6.77. The van der Waals surface area contributed by atoms with Crippen molar-refractivity contribution in [1.29, 1.82) is 0 Å². The van der Waals surface area contributed by atoms with Gasteiger partial charge in [-0.2, -0.15) is 4.31 Å². The number of hydrogen-bond acceptors (Lipinski definition) is 11. The molecule has 1 spiro atoms. The van der Waals surface area contributed by atoms with Gasteiger partial charge in [0.1, 0.15) is 35.1 Å². The molecule has 0 aliphatic carbocycles. The van der Waals surface area contributed by atoms with E-state index in [1.54, 1.807) is 6.07 Å². The number of aromatic nitrogens is 1. The fourth-order valence-corrected chi connectivity index (χ4v) is 8.17. The van der Waals surface area contributed by atoms with Crippen LogP contribution in [0.25, 0.3) is 0 Å². The number of sulfonamides is 2. The Morgan fingerprint density at radius 1 is 1.22 bits per heavy atom. The number of rotatable bonds is 10. The van der Waals surface area contributed by atoms with Crippen LogP contribution in [0.5, 0.6) is 11.6 Å². The molecule has 3 aliphatic heterocycles. The Bertz CT molecular complexity index is 1620. The van der Waals surface area contributed by atoms with Crippen LogP contribution < -0.4 is 19.1 Å². The number of aliphatic hydroxyl groups excluding tert-OH is 1. The number of nitrogens with zero attached hydrogens (tertiary/aromatic N) is 4. The van der Waals surface area contributed by atoms with Crippen molar-refractivity contribution < 1.29 is 46.1 Å². The van der Waals surface area contributed by atoms with Crippen molar-refractivity contribution in [3.05, 3.63) is 36.5 Å². The molecule has 3 aliphatic rings. The van der Waals surface area contributed by atoms with Gasteiger partial charge in [-0.25, -0.2) is 31.3 Å². The van der Waals surface area contributed by atoms with Crippen LogP contribution in [0.15, 0.2) is 46.3 Å². The van der Waals surface area contributed by atoms with Gasteiger partial charge in [-0.05, 0) is 51.4 Å². The average molecular weight is 670 g/mol. The summed E-state index contributed by atoms with van der Waals surface area (Å²) in [4.78, 5) is 19.5. The third kappa shape index (κ3) is 7.12. The number of fused-ring (bicyclic) bond motifs is 1. The first-order valence-electron chi connectivity index (χ1n) is 14.6. The fourth-order valence-electron chi connectivity index (χ4n) is 6.00. The van der Waals surface area contributed by atoms with Crippen LogP contribution in [0.2, 0.25) is 0 Å². The molecule has 5 rings (SSSR count). The molecule has 2 aromatic rings. The van der Waals surface area contributed by atoms with Crippen molar-refractivity contribution in [2.75, 3.05) is 58.4 Å². The lowest BCUT2D eigenvalue weighted by atomic mass is 9.88. The van der Waals surface area contributed by atoms with Crippen molar-refractivity contribution in [3.8, 4) is 11.6 Å². The van der Waals surface area contributed by atoms with Crippen molar-refractivity contribution in [2.45, 2.75) is 59.8 Å². The second-order valence-electron chi connectivity index (χ2n) is 11.6. The number of carboxylic acid groups (broad SMARTS) is 1. The van der Waals surface area contributed by atoms with Crippen LogP contribution in [0.1, 0.15) is 26.2 Å². The van der Waals surface area contributed by atoms with Gasteiger partial charge in [-0.15, -0.1) is 0 Å². The molecule has 248 valence electrons. The number of amides is 1. The van der Waals surface area contributed by atoms with E-state index in [4.69, 9.17) is 14.2 Å². The number of piperidine rings is 1. The van der Waals surface area contributed by atoms with Gasteiger partial charge in [-0.3, -0.25) is 0 Å². The molecule has 3 N–H and O–H groups in total. The Hall–Kier alpha value is -3.22. The molecule has 2 saturated heterocycles. The Balaban J connectivity index is 1.17. The summed E-state index contributed by atoms with van der Waals surface area (Å²) < 4.78 is 72.1. The lowest BCUT2D eigenvalue weighted by molar-refractivity contribution is -0.0319. The van der Waals surface area contributed by atoms with Crippen LogP contribution in [0.4, 0.5) is 10.5 Å². The molecular weight excluding hydrogens is 630 g/mol. The minimum atomic E-state index is -3.84. The zero-order valence-corrected chi connectivity index (χ0v) is 27.0. The quantitative estimate of drug-likeness (QED) is 0.325. The molecule has 3 atom stereocenters. The maximum absolute atomic E-state index is 13.5. The van der Waals surface area contributed by atoms with E-state index in [9.17, 15) is 31.8 Å². The van der Waals surface area contributed by atoms with E-state index in [1.807, 2.05) is 18.9 Å². The lowest BCUT2D eigenvalue weighted by Crippen LogP contribution is -2.48. The number of pyridine rings is 1. The Kier molecular flexibility index (Phi) is 9.49. The molecule has 1 amide bonds. The first-order valence-corrected chi connectivity index (χ1v) is 17.5. The number of aliphatic hydroxyl groups is 1. The van der Waals surface area contributed by atoms with E-state index in [1.165, 1.54) is 41.8 Å². The summed E-state index contributed by atoms with van der Waals surface area (Å²) >= 11 is 0. The smallest absolute Gasteiger partial charge is 0.407 e. The summed E-state index contributed by atoms with van der Waals surface area (Å²) in [5.41, 5.74) is -0.0788. The van der Waals surface area contributed by atoms with Crippen molar-refractivity contribution in [2.24, 2.45) is 0 Å². The first kappa shape index (κ1) is 33.2. The predicted molar refractivity (Wildman–Crippen MR) is 162 cm³/mol. The molecule has 0 saturated carbocycles. The molecule has 2 fully saturated rings. The van der Waals surface area contributed by atoms with Crippen LogP contribution in [-0.4, -0.2) is 125 Å². The maximum atomic E-state index is 13.5. The highest BCUT2D eigenvalue weighted by Gasteiger charge is 2.47. The van der Waals surface area contributed by atoms with E-state index in [-0.39, 0.29) is 54.5 Å². The summed E-state index contributed by atoms with van der Waals surface area (Å²) in [6.07, 6.45) is -0.0659. The minimum Gasteiger partial charge on any atom is -0.491 e. The molecular formula is C28H39N5O10S2. The number of carbonyl (C=O) groups is 1. The molecule has 1 aromatic heterocycles. The Morgan fingerprint density at radius 3 is 2.64 bits per heavy atom.